The summed E-state index contributed by atoms with van der Waals surface area (Å²) in [7, 11) is 0. The Labute approximate surface area is 260 Å². The number of aryl methyl sites for hydroxylation is 1. The Kier molecular flexibility index (Phi) is 7.05. The Morgan fingerprint density at radius 2 is 1.59 bits per heavy atom. The van der Waals surface area contributed by atoms with Crippen molar-refractivity contribution in [3.63, 3.8) is 0 Å². The third kappa shape index (κ3) is 4.84. The molecule has 2 bridgehead atoms. The van der Waals surface area contributed by atoms with Crippen molar-refractivity contribution in [1.82, 2.24) is 24.3 Å². The van der Waals surface area contributed by atoms with Crippen molar-refractivity contribution in [3.8, 4) is 0 Å². The minimum absolute atomic E-state index is 0.117. The van der Waals surface area contributed by atoms with Crippen molar-refractivity contribution in [3.05, 3.63) is 102 Å². The van der Waals surface area contributed by atoms with Crippen molar-refractivity contribution in [2.45, 2.75) is 81.8 Å². The summed E-state index contributed by atoms with van der Waals surface area (Å²) in [5, 5.41) is 1.16. The van der Waals surface area contributed by atoms with E-state index in [2.05, 4.69) is 99.1 Å². The fraction of sp³-hybridized carbons (Fsp3) is 0.421. The van der Waals surface area contributed by atoms with E-state index in [1.165, 1.54) is 36.8 Å². The second-order valence-corrected chi connectivity index (χ2v) is 13.6. The van der Waals surface area contributed by atoms with Crippen molar-refractivity contribution < 1.29 is 4.79 Å². The van der Waals surface area contributed by atoms with Gasteiger partial charge in [-0.2, -0.15) is 0 Å². The number of carbonyl (C=O) groups excluding carboxylic acids is 1. The predicted octanol–water partition coefficient (Wildman–Crippen LogP) is 7.19. The molecule has 3 saturated heterocycles. The summed E-state index contributed by atoms with van der Waals surface area (Å²) in [6, 6.07) is 29.9. The molecule has 6 heteroatoms. The zero-order valence-corrected chi connectivity index (χ0v) is 25.8. The molecule has 3 aromatic carbocycles. The molecule has 3 atom stereocenters. The van der Waals surface area contributed by atoms with Gasteiger partial charge in [-0.25, -0.2) is 4.98 Å². The topological polar surface area (TPSA) is 57.2 Å². The second kappa shape index (κ2) is 11.2. The van der Waals surface area contributed by atoms with Gasteiger partial charge in [0.1, 0.15) is 5.82 Å². The van der Waals surface area contributed by atoms with Crippen LogP contribution >= 0.6 is 0 Å². The van der Waals surface area contributed by atoms with E-state index in [0.717, 1.165) is 66.7 Å². The highest BCUT2D eigenvalue weighted by atomic mass is 16.2. The molecule has 0 spiro atoms. The molecule has 44 heavy (non-hydrogen) atoms. The molecule has 0 saturated carbocycles. The van der Waals surface area contributed by atoms with Gasteiger partial charge in [-0.1, -0.05) is 60.7 Å². The third-order valence-electron chi connectivity index (χ3n) is 11.3. The van der Waals surface area contributed by atoms with E-state index in [4.69, 9.17) is 4.98 Å². The first-order valence-electron chi connectivity index (χ1n) is 16.7. The van der Waals surface area contributed by atoms with E-state index in [0.29, 0.717) is 24.5 Å². The molecular formula is C38H43N5O. The number of rotatable bonds is 7. The first-order chi connectivity index (χ1) is 21.6. The van der Waals surface area contributed by atoms with Crippen LogP contribution in [0.25, 0.3) is 21.9 Å². The number of hydrogen-bond donors (Lipinski definition) is 1. The number of imidazole rings is 1. The predicted molar refractivity (Wildman–Crippen MR) is 177 cm³/mol. The molecule has 0 radical (unpaired) electrons. The summed E-state index contributed by atoms with van der Waals surface area (Å²) in [6.45, 7) is 4.98. The van der Waals surface area contributed by atoms with Gasteiger partial charge in [0.25, 0.3) is 0 Å². The van der Waals surface area contributed by atoms with E-state index >= 15 is 0 Å². The monoisotopic (exact) mass is 585 g/mol. The molecule has 1 amide bonds. The number of nitrogens with one attached hydrogen (secondary N) is 1. The number of fused-ring (bicyclic) bond motifs is 4. The molecular weight excluding hydrogens is 542 g/mol. The van der Waals surface area contributed by atoms with Crippen molar-refractivity contribution in [2.24, 2.45) is 0 Å². The Morgan fingerprint density at radius 3 is 2.39 bits per heavy atom. The van der Waals surface area contributed by atoms with Crippen LogP contribution < -0.4 is 0 Å². The highest BCUT2D eigenvalue weighted by Gasteiger charge is 2.44. The average Bonchev–Trinajstić information content (AvgIpc) is 3.70. The zero-order chi connectivity index (χ0) is 29.7. The summed E-state index contributed by atoms with van der Waals surface area (Å²) in [4.78, 5) is 26.7. The van der Waals surface area contributed by atoms with Crippen LogP contribution in [-0.4, -0.2) is 62.0 Å². The van der Waals surface area contributed by atoms with E-state index in [1.807, 2.05) is 12.3 Å². The van der Waals surface area contributed by atoms with Crippen LogP contribution in [0, 0.1) is 6.92 Å². The van der Waals surface area contributed by atoms with Crippen molar-refractivity contribution in [2.75, 3.05) is 19.6 Å². The maximum Gasteiger partial charge on any atom is 0.227 e. The van der Waals surface area contributed by atoms with Crippen molar-refractivity contribution in [1.29, 1.82) is 0 Å². The van der Waals surface area contributed by atoms with Crippen LogP contribution in [0.2, 0.25) is 0 Å². The minimum atomic E-state index is 0.117. The first-order valence-corrected chi connectivity index (χ1v) is 16.7. The first kappa shape index (κ1) is 27.6. The van der Waals surface area contributed by atoms with Gasteiger partial charge in [0.15, 0.2) is 0 Å². The second-order valence-electron chi connectivity index (χ2n) is 13.6. The normalized spacial score (nSPS) is 23.5. The lowest BCUT2D eigenvalue weighted by Gasteiger charge is -2.45. The number of benzene rings is 3. The Bertz CT molecular complexity index is 1760. The van der Waals surface area contributed by atoms with E-state index < -0.39 is 0 Å². The summed E-state index contributed by atoms with van der Waals surface area (Å²) >= 11 is 0. The van der Waals surface area contributed by atoms with Gasteiger partial charge < -0.3 is 14.5 Å². The summed E-state index contributed by atoms with van der Waals surface area (Å²) in [5.41, 5.74) is 6.18. The van der Waals surface area contributed by atoms with Gasteiger partial charge in [-0.3, -0.25) is 9.69 Å². The number of carbonyl (C=O) groups is 1. The highest BCUT2D eigenvalue weighted by Crippen LogP contribution is 2.45. The zero-order valence-electron chi connectivity index (χ0n) is 25.8. The van der Waals surface area contributed by atoms with Crippen molar-refractivity contribution >= 4 is 27.8 Å². The standard InChI is InChI=1S/C38H43N5O/c1-27-40-35-13-7-8-14-36(35)43(27)32-24-30-15-16-31(25-32)42(30)22-19-38(29-9-3-2-4-10-29)17-20-41(21-18-38)37(44)23-28-26-39-34-12-6-5-11-33(28)34/h2-14,26,30-32,39H,15-25H2,1H3/t30-,31+,32?. The number of aromatic nitrogens is 3. The fourth-order valence-corrected chi connectivity index (χ4v) is 9.00. The summed E-state index contributed by atoms with van der Waals surface area (Å²) < 4.78 is 2.53. The molecule has 6 nitrogen and oxygen atoms in total. The molecule has 1 N–H and O–H groups in total. The number of H-pyrrole nitrogens is 1. The largest absolute Gasteiger partial charge is 0.361 e. The summed E-state index contributed by atoms with van der Waals surface area (Å²) in [5.74, 6) is 1.40. The lowest BCUT2D eigenvalue weighted by Crippen LogP contribution is -2.49. The molecule has 5 heterocycles. The quantitative estimate of drug-likeness (QED) is 0.220. The highest BCUT2D eigenvalue weighted by molar-refractivity contribution is 5.89. The van der Waals surface area contributed by atoms with Crippen LogP contribution in [0.15, 0.2) is 85.1 Å². The lowest BCUT2D eigenvalue weighted by atomic mass is 9.70. The van der Waals surface area contributed by atoms with Crippen LogP contribution in [-0.2, 0) is 16.6 Å². The maximum atomic E-state index is 13.5. The maximum absolute atomic E-state index is 13.5. The van der Waals surface area contributed by atoms with E-state index in [-0.39, 0.29) is 11.3 Å². The summed E-state index contributed by atoms with van der Waals surface area (Å²) in [6.07, 6.45) is 10.7. The fourth-order valence-electron chi connectivity index (χ4n) is 9.00. The number of piperidine rings is 2. The van der Waals surface area contributed by atoms with Gasteiger partial charge in [0.2, 0.25) is 5.91 Å². The number of para-hydroxylation sites is 3. The average molecular weight is 586 g/mol. The third-order valence-corrected chi connectivity index (χ3v) is 11.3. The van der Waals surface area contributed by atoms with Crippen LogP contribution in [0.5, 0.6) is 0 Å². The minimum Gasteiger partial charge on any atom is -0.361 e. The Hall–Kier alpha value is -3.90. The number of nitrogens with zero attached hydrogens (tertiary/aromatic N) is 4. The van der Waals surface area contributed by atoms with Crippen LogP contribution in [0.3, 0.4) is 0 Å². The molecule has 3 aliphatic heterocycles. The smallest absolute Gasteiger partial charge is 0.227 e. The number of hydrogen-bond acceptors (Lipinski definition) is 3. The SMILES string of the molecule is Cc1nc2ccccc2n1C1C[C@H]2CC[C@@H](C1)N2CCC1(c2ccccc2)CCN(C(=O)Cc2c[nH]c3ccccc23)CC1. The molecule has 5 aromatic rings. The molecule has 3 fully saturated rings. The Balaban J connectivity index is 0.958. The lowest BCUT2D eigenvalue weighted by molar-refractivity contribution is -0.132. The number of amides is 1. The van der Waals surface area contributed by atoms with E-state index in [1.54, 1.807) is 0 Å². The van der Waals surface area contributed by atoms with Gasteiger partial charge in [-0.15, -0.1) is 0 Å². The molecule has 226 valence electrons. The van der Waals surface area contributed by atoms with Gasteiger partial charge >= 0.3 is 0 Å². The van der Waals surface area contributed by atoms with E-state index in [9.17, 15) is 4.79 Å². The van der Waals surface area contributed by atoms with Gasteiger partial charge in [-0.05, 0) is 93.2 Å². The van der Waals surface area contributed by atoms with Crippen LogP contribution in [0.1, 0.15) is 67.9 Å². The molecule has 0 aliphatic carbocycles. The Morgan fingerprint density at radius 1 is 0.886 bits per heavy atom. The molecule has 1 unspecified atom stereocenters. The molecule has 2 aromatic heterocycles. The number of likely N-dealkylation sites (tertiary alicyclic amines) is 1. The van der Waals surface area contributed by atoms with Gasteiger partial charge in [0.05, 0.1) is 17.5 Å². The van der Waals surface area contributed by atoms with Gasteiger partial charge in [0, 0.05) is 48.3 Å². The molecule has 3 aliphatic rings. The van der Waals surface area contributed by atoms with Crippen LogP contribution in [0.4, 0.5) is 0 Å². The molecule has 8 rings (SSSR count). The number of aromatic amines is 1.